The molecule has 4 heteroatoms. The molecule has 0 aliphatic rings. The third kappa shape index (κ3) is 1.55. The van der Waals surface area contributed by atoms with Crippen LogP contribution in [0.25, 0.3) is 0 Å². The Morgan fingerprint density at radius 2 is 1.40 bits per heavy atom. The van der Waals surface area contributed by atoms with Gasteiger partial charge in [0.05, 0.1) is 11.7 Å². The highest BCUT2D eigenvalue weighted by molar-refractivity contribution is 9.11. The Bertz CT molecular complexity index is 236. The molecular weight excluding hydrogens is 270 g/mol. The standard InChI is InChI=1S/C6H2Br2F2/c7-3-1-5(9)4(8)2-6(3)10/h1-2H/i1D,2D. The van der Waals surface area contributed by atoms with Crippen molar-refractivity contribution in [2.24, 2.45) is 0 Å². The minimum absolute atomic E-state index is 0.326. The van der Waals surface area contributed by atoms with Crippen LogP contribution in [-0.2, 0) is 0 Å². The maximum atomic E-state index is 12.9. The lowest BCUT2D eigenvalue weighted by atomic mass is 10.3. The maximum absolute atomic E-state index is 12.9. The van der Waals surface area contributed by atoms with E-state index in [0.29, 0.717) is 0 Å². The molecule has 0 spiro atoms. The third-order valence-electron chi connectivity index (χ3n) is 0.824. The van der Waals surface area contributed by atoms with E-state index >= 15 is 0 Å². The minimum atomic E-state index is -0.937. The zero-order valence-corrected chi connectivity index (χ0v) is 7.68. The van der Waals surface area contributed by atoms with Crippen molar-refractivity contribution in [1.82, 2.24) is 0 Å². The molecule has 0 saturated carbocycles. The molecule has 0 aliphatic heterocycles. The van der Waals surface area contributed by atoms with Gasteiger partial charge in [-0.3, -0.25) is 0 Å². The average molecular weight is 274 g/mol. The number of halogens is 4. The first-order valence-electron chi connectivity index (χ1n) is 3.26. The normalized spacial score (nSPS) is 12.8. The summed E-state index contributed by atoms with van der Waals surface area (Å²) in [6.45, 7) is 0. The lowest BCUT2D eigenvalue weighted by Crippen LogP contribution is -1.81. The molecule has 0 N–H and O–H groups in total. The third-order valence-corrected chi connectivity index (χ3v) is 1.92. The van der Waals surface area contributed by atoms with Gasteiger partial charge in [0.2, 0.25) is 0 Å². The molecule has 0 atom stereocenters. The summed E-state index contributed by atoms with van der Waals surface area (Å²) in [7, 11) is 0. The van der Waals surface area contributed by atoms with E-state index in [-0.39, 0.29) is 8.95 Å². The molecule has 0 nitrogen and oxygen atoms in total. The Morgan fingerprint density at radius 3 is 1.70 bits per heavy atom. The zero-order chi connectivity index (χ0) is 9.46. The van der Waals surface area contributed by atoms with Crippen molar-refractivity contribution in [2.45, 2.75) is 0 Å². The van der Waals surface area contributed by atoms with E-state index in [4.69, 9.17) is 2.74 Å². The number of benzene rings is 1. The molecule has 0 aliphatic carbocycles. The van der Waals surface area contributed by atoms with Gasteiger partial charge in [-0.05, 0) is 43.9 Å². The summed E-state index contributed by atoms with van der Waals surface area (Å²) in [5.41, 5.74) is 0. The fraction of sp³-hybridized carbons (Fsp3) is 0. The van der Waals surface area contributed by atoms with Gasteiger partial charge in [0.25, 0.3) is 0 Å². The van der Waals surface area contributed by atoms with Crippen LogP contribution in [0.15, 0.2) is 21.0 Å². The second-order valence-corrected chi connectivity index (χ2v) is 3.09. The quantitative estimate of drug-likeness (QED) is 0.635. The SMILES string of the molecule is [2H]c1c(F)c(Br)c([2H])c(F)c1Br. The predicted octanol–water partition coefficient (Wildman–Crippen LogP) is 3.49. The first-order valence-corrected chi connectivity index (χ1v) is 3.84. The lowest BCUT2D eigenvalue weighted by molar-refractivity contribution is 0.589. The van der Waals surface area contributed by atoms with E-state index in [9.17, 15) is 8.78 Å². The van der Waals surface area contributed by atoms with Crippen LogP contribution in [0.1, 0.15) is 2.74 Å². The Morgan fingerprint density at radius 1 is 1.10 bits per heavy atom. The zero-order valence-electron chi connectivity index (χ0n) is 6.51. The summed E-state index contributed by atoms with van der Waals surface area (Å²) in [6, 6.07) is -1.18. The smallest absolute Gasteiger partial charge is 0.138 e. The van der Waals surface area contributed by atoms with Gasteiger partial charge in [0.15, 0.2) is 0 Å². The van der Waals surface area contributed by atoms with Gasteiger partial charge in [0.1, 0.15) is 11.6 Å². The highest BCUT2D eigenvalue weighted by atomic mass is 79.9. The summed E-state index contributed by atoms with van der Waals surface area (Å²) in [5, 5.41) is 0. The van der Waals surface area contributed by atoms with Crippen molar-refractivity contribution in [2.75, 3.05) is 0 Å². The van der Waals surface area contributed by atoms with Gasteiger partial charge < -0.3 is 0 Å². The molecule has 1 aromatic rings. The monoisotopic (exact) mass is 272 g/mol. The molecule has 0 saturated heterocycles. The van der Waals surface area contributed by atoms with Crippen LogP contribution in [-0.4, -0.2) is 0 Å². The van der Waals surface area contributed by atoms with Crippen molar-refractivity contribution < 1.29 is 11.5 Å². The van der Waals surface area contributed by atoms with Crippen LogP contribution >= 0.6 is 31.9 Å². The Hall–Kier alpha value is 0.0400. The van der Waals surface area contributed by atoms with Gasteiger partial charge in [0, 0.05) is 0 Å². The van der Waals surface area contributed by atoms with Crippen molar-refractivity contribution in [3.63, 3.8) is 0 Å². The van der Waals surface area contributed by atoms with Crippen molar-refractivity contribution in [3.8, 4) is 0 Å². The molecule has 0 fully saturated rings. The van der Waals surface area contributed by atoms with Crippen LogP contribution in [0, 0.1) is 11.6 Å². The molecule has 0 aromatic heterocycles. The minimum Gasteiger partial charge on any atom is -0.206 e. The van der Waals surface area contributed by atoms with Gasteiger partial charge in [-0.25, -0.2) is 8.78 Å². The fourth-order valence-electron chi connectivity index (χ4n) is 0.412. The van der Waals surface area contributed by atoms with Crippen LogP contribution in [0.3, 0.4) is 0 Å². The van der Waals surface area contributed by atoms with E-state index < -0.39 is 23.7 Å². The van der Waals surface area contributed by atoms with Gasteiger partial charge >= 0.3 is 0 Å². The van der Waals surface area contributed by atoms with Gasteiger partial charge in [-0.1, -0.05) is 0 Å². The molecule has 54 valence electrons. The van der Waals surface area contributed by atoms with E-state index in [0.717, 1.165) is 0 Å². The molecule has 0 unspecified atom stereocenters. The molecular formula is C6H2Br2F2. The Balaban J connectivity index is 3.60. The number of hydrogen-bond acceptors (Lipinski definition) is 0. The molecule has 1 aromatic carbocycles. The summed E-state index contributed by atoms with van der Waals surface area (Å²) in [4.78, 5) is 0. The molecule has 1 rings (SSSR count). The summed E-state index contributed by atoms with van der Waals surface area (Å²) in [5.74, 6) is -1.87. The highest BCUT2D eigenvalue weighted by Gasteiger charge is 2.04. The first kappa shape index (κ1) is 5.66. The maximum Gasteiger partial charge on any atom is 0.138 e. The van der Waals surface area contributed by atoms with E-state index in [1.165, 1.54) is 0 Å². The van der Waals surface area contributed by atoms with Crippen LogP contribution < -0.4 is 0 Å². The number of hydrogen-bond donors (Lipinski definition) is 0. The molecule has 0 bridgehead atoms. The van der Waals surface area contributed by atoms with Gasteiger partial charge in [-0.15, -0.1) is 0 Å². The van der Waals surface area contributed by atoms with Gasteiger partial charge in [-0.2, -0.15) is 0 Å². The Labute approximate surface area is 76.3 Å². The summed E-state index contributed by atoms with van der Waals surface area (Å²) < 4.78 is 39.2. The highest BCUT2D eigenvalue weighted by Crippen LogP contribution is 2.23. The van der Waals surface area contributed by atoms with E-state index in [2.05, 4.69) is 31.9 Å². The summed E-state index contributed by atoms with van der Waals surface area (Å²) in [6.07, 6.45) is 0. The van der Waals surface area contributed by atoms with E-state index in [1.54, 1.807) is 0 Å². The van der Waals surface area contributed by atoms with Crippen LogP contribution in [0.2, 0.25) is 0 Å². The van der Waals surface area contributed by atoms with E-state index in [1.807, 2.05) is 0 Å². The Kier molecular flexibility index (Phi) is 1.68. The molecule has 0 radical (unpaired) electrons. The fourth-order valence-corrected chi connectivity index (χ4v) is 0.959. The average Bonchev–Trinajstić information content (AvgIpc) is 2.08. The molecule has 0 amide bonds. The first-order chi connectivity index (χ1) is 5.46. The lowest BCUT2D eigenvalue weighted by Gasteiger charge is -1.95. The van der Waals surface area contributed by atoms with Crippen LogP contribution in [0.5, 0.6) is 0 Å². The van der Waals surface area contributed by atoms with Crippen LogP contribution in [0.4, 0.5) is 8.78 Å². The number of rotatable bonds is 0. The second kappa shape index (κ2) is 2.96. The van der Waals surface area contributed by atoms with Crippen molar-refractivity contribution in [1.29, 1.82) is 0 Å². The molecule has 0 heterocycles. The van der Waals surface area contributed by atoms with Crippen molar-refractivity contribution in [3.05, 3.63) is 32.7 Å². The predicted molar refractivity (Wildman–Crippen MR) is 41.8 cm³/mol. The largest absolute Gasteiger partial charge is 0.206 e. The topological polar surface area (TPSA) is 0 Å². The van der Waals surface area contributed by atoms with Crippen molar-refractivity contribution >= 4 is 31.9 Å². The summed E-state index contributed by atoms with van der Waals surface area (Å²) >= 11 is 5.34. The second-order valence-electron chi connectivity index (χ2n) is 1.51. The molecule has 10 heavy (non-hydrogen) atoms.